The molecule has 1 atom stereocenters. The first-order chi connectivity index (χ1) is 6.34. The van der Waals surface area contributed by atoms with Gasteiger partial charge in [-0.3, -0.25) is 0 Å². The van der Waals surface area contributed by atoms with Crippen molar-refractivity contribution >= 4 is 10.8 Å². The summed E-state index contributed by atoms with van der Waals surface area (Å²) >= 11 is 0. The molecule has 0 fully saturated rings. The standard InChI is InChI=1S/C12H10O/c13-12-7-10-5-8-3-1-2-4-9(8)6-11(10)12/h1-6,12-13H,7H2. The molecule has 64 valence electrons. The normalized spacial score (nSPS) is 19.6. The van der Waals surface area contributed by atoms with Gasteiger partial charge in [0.1, 0.15) is 0 Å². The molecule has 13 heavy (non-hydrogen) atoms. The lowest BCUT2D eigenvalue weighted by atomic mass is 9.83. The number of benzene rings is 2. The monoisotopic (exact) mass is 170 g/mol. The maximum absolute atomic E-state index is 9.46. The summed E-state index contributed by atoms with van der Waals surface area (Å²) in [6.07, 6.45) is 0.597. The van der Waals surface area contributed by atoms with Gasteiger partial charge in [-0.2, -0.15) is 0 Å². The van der Waals surface area contributed by atoms with E-state index in [1.54, 1.807) is 0 Å². The molecule has 2 aromatic carbocycles. The van der Waals surface area contributed by atoms with Crippen molar-refractivity contribution in [3.8, 4) is 0 Å². The van der Waals surface area contributed by atoms with E-state index in [1.807, 2.05) is 12.1 Å². The molecule has 1 nitrogen and oxygen atoms in total. The van der Waals surface area contributed by atoms with Gasteiger partial charge in [-0.25, -0.2) is 0 Å². The molecule has 0 aliphatic heterocycles. The molecular weight excluding hydrogens is 160 g/mol. The van der Waals surface area contributed by atoms with Crippen LogP contribution in [-0.4, -0.2) is 5.11 Å². The van der Waals surface area contributed by atoms with E-state index in [4.69, 9.17) is 0 Å². The van der Waals surface area contributed by atoms with Gasteiger partial charge in [-0.1, -0.05) is 30.3 Å². The van der Waals surface area contributed by atoms with Crippen LogP contribution in [0.5, 0.6) is 0 Å². The molecule has 2 aromatic rings. The van der Waals surface area contributed by atoms with Gasteiger partial charge in [0.05, 0.1) is 6.10 Å². The van der Waals surface area contributed by atoms with Crippen LogP contribution in [0.1, 0.15) is 17.2 Å². The fourth-order valence-corrected chi connectivity index (χ4v) is 1.98. The van der Waals surface area contributed by atoms with E-state index >= 15 is 0 Å². The third-order valence-corrected chi connectivity index (χ3v) is 2.78. The Balaban J connectivity index is 2.35. The van der Waals surface area contributed by atoms with Crippen molar-refractivity contribution in [2.75, 3.05) is 0 Å². The zero-order valence-corrected chi connectivity index (χ0v) is 7.20. The van der Waals surface area contributed by atoms with E-state index < -0.39 is 0 Å². The van der Waals surface area contributed by atoms with E-state index in [1.165, 1.54) is 16.3 Å². The minimum absolute atomic E-state index is 0.223. The molecule has 0 saturated heterocycles. The molecule has 1 unspecified atom stereocenters. The molecule has 0 aromatic heterocycles. The van der Waals surface area contributed by atoms with E-state index in [-0.39, 0.29) is 6.10 Å². The summed E-state index contributed by atoms with van der Waals surface area (Å²) in [6, 6.07) is 12.5. The Morgan fingerprint density at radius 1 is 1.08 bits per heavy atom. The van der Waals surface area contributed by atoms with Gasteiger partial charge >= 0.3 is 0 Å². The van der Waals surface area contributed by atoms with Gasteiger partial charge in [0.15, 0.2) is 0 Å². The highest BCUT2D eigenvalue weighted by Gasteiger charge is 2.23. The minimum Gasteiger partial charge on any atom is -0.388 e. The van der Waals surface area contributed by atoms with Crippen LogP contribution in [0.2, 0.25) is 0 Å². The number of hydrogen-bond acceptors (Lipinski definition) is 1. The molecule has 0 heterocycles. The summed E-state index contributed by atoms with van der Waals surface area (Å²) in [5.41, 5.74) is 2.41. The summed E-state index contributed by atoms with van der Waals surface area (Å²) in [5, 5.41) is 12.0. The van der Waals surface area contributed by atoms with Crippen molar-refractivity contribution in [1.29, 1.82) is 0 Å². The molecule has 0 bridgehead atoms. The Bertz CT molecular complexity index is 474. The van der Waals surface area contributed by atoms with Crippen LogP contribution in [0.15, 0.2) is 36.4 Å². The lowest BCUT2D eigenvalue weighted by molar-refractivity contribution is 0.154. The molecule has 0 spiro atoms. The first-order valence-electron chi connectivity index (χ1n) is 4.54. The molecular formula is C12H10O. The van der Waals surface area contributed by atoms with Gasteiger partial charge in [0.25, 0.3) is 0 Å². The molecule has 3 rings (SSSR count). The highest BCUT2D eigenvalue weighted by molar-refractivity contribution is 5.84. The highest BCUT2D eigenvalue weighted by Crippen LogP contribution is 2.35. The van der Waals surface area contributed by atoms with E-state index in [2.05, 4.69) is 24.3 Å². The topological polar surface area (TPSA) is 20.2 Å². The first kappa shape index (κ1) is 7.10. The van der Waals surface area contributed by atoms with Crippen LogP contribution in [0.3, 0.4) is 0 Å². The summed E-state index contributed by atoms with van der Waals surface area (Å²) < 4.78 is 0. The Kier molecular flexibility index (Phi) is 1.27. The Labute approximate surface area is 76.6 Å². The average Bonchev–Trinajstić information content (AvgIpc) is 2.16. The average molecular weight is 170 g/mol. The van der Waals surface area contributed by atoms with Crippen molar-refractivity contribution in [2.24, 2.45) is 0 Å². The quantitative estimate of drug-likeness (QED) is 0.643. The number of aliphatic hydroxyl groups excluding tert-OH is 1. The molecule has 0 saturated carbocycles. The number of hydrogen-bond donors (Lipinski definition) is 1. The zero-order chi connectivity index (χ0) is 8.84. The fraction of sp³-hybridized carbons (Fsp3) is 0.167. The molecule has 1 aliphatic rings. The van der Waals surface area contributed by atoms with Gasteiger partial charge in [-0.15, -0.1) is 0 Å². The lowest BCUT2D eigenvalue weighted by Crippen LogP contribution is -2.15. The van der Waals surface area contributed by atoms with Gasteiger partial charge in [0, 0.05) is 6.42 Å². The van der Waals surface area contributed by atoms with Crippen LogP contribution >= 0.6 is 0 Å². The van der Waals surface area contributed by atoms with Crippen molar-refractivity contribution in [3.63, 3.8) is 0 Å². The predicted molar refractivity (Wildman–Crippen MR) is 52.6 cm³/mol. The van der Waals surface area contributed by atoms with E-state index in [9.17, 15) is 5.11 Å². The molecule has 0 radical (unpaired) electrons. The highest BCUT2D eigenvalue weighted by atomic mass is 16.3. The van der Waals surface area contributed by atoms with Crippen LogP contribution in [0.4, 0.5) is 0 Å². The predicted octanol–water partition coefficient (Wildman–Crippen LogP) is 2.43. The Morgan fingerprint density at radius 2 is 1.77 bits per heavy atom. The minimum atomic E-state index is -0.223. The third-order valence-electron chi connectivity index (χ3n) is 2.78. The first-order valence-corrected chi connectivity index (χ1v) is 4.54. The summed E-state index contributed by atoms with van der Waals surface area (Å²) in [5.74, 6) is 0. The lowest BCUT2D eigenvalue weighted by Gasteiger charge is -2.26. The van der Waals surface area contributed by atoms with Crippen LogP contribution in [0, 0.1) is 0 Å². The summed E-state index contributed by atoms with van der Waals surface area (Å²) in [4.78, 5) is 0. The van der Waals surface area contributed by atoms with Crippen LogP contribution < -0.4 is 0 Å². The SMILES string of the molecule is OC1Cc2cc3ccccc3cc21. The second kappa shape index (κ2) is 2.33. The number of aliphatic hydroxyl groups is 1. The largest absolute Gasteiger partial charge is 0.388 e. The van der Waals surface area contributed by atoms with Gasteiger partial charge in [0.2, 0.25) is 0 Å². The van der Waals surface area contributed by atoms with Crippen LogP contribution in [-0.2, 0) is 6.42 Å². The zero-order valence-electron chi connectivity index (χ0n) is 7.20. The van der Waals surface area contributed by atoms with E-state index in [0.29, 0.717) is 0 Å². The summed E-state index contributed by atoms with van der Waals surface area (Å²) in [7, 11) is 0. The van der Waals surface area contributed by atoms with Crippen LogP contribution in [0.25, 0.3) is 10.8 Å². The Morgan fingerprint density at radius 3 is 2.46 bits per heavy atom. The second-order valence-corrected chi connectivity index (χ2v) is 3.62. The Hall–Kier alpha value is -1.34. The number of fused-ring (bicyclic) bond motifs is 2. The van der Waals surface area contributed by atoms with Crippen molar-refractivity contribution in [1.82, 2.24) is 0 Å². The second-order valence-electron chi connectivity index (χ2n) is 3.62. The van der Waals surface area contributed by atoms with Gasteiger partial charge < -0.3 is 5.11 Å². The van der Waals surface area contributed by atoms with Crippen molar-refractivity contribution in [2.45, 2.75) is 12.5 Å². The smallest absolute Gasteiger partial charge is 0.0833 e. The van der Waals surface area contributed by atoms with Crippen molar-refractivity contribution in [3.05, 3.63) is 47.5 Å². The third kappa shape index (κ3) is 0.909. The number of rotatable bonds is 0. The summed E-state index contributed by atoms with van der Waals surface area (Å²) in [6.45, 7) is 0. The van der Waals surface area contributed by atoms with Gasteiger partial charge in [-0.05, 0) is 28.0 Å². The maximum atomic E-state index is 9.46. The molecule has 1 heteroatoms. The van der Waals surface area contributed by atoms with E-state index in [0.717, 1.165) is 12.0 Å². The van der Waals surface area contributed by atoms with Crippen molar-refractivity contribution < 1.29 is 5.11 Å². The molecule has 1 N–H and O–H groups in total. The molecule has 1 aliphatic carbocycles. The fourth-order valence-electron chi connectivity index (χ4n) is 1.98. The molecule has 0 amide bonds. The maximum Gasteiger partial charge on any atom is 0.0833 e.